The van der Waals surface area contributed by atoms with Gasteiger partial charge in [0.1, 0.15) is 0 Å². The molecular formula is C6H5BF4N-. The molecule has 0 spiro atoms. The number of hydrogen-bond acceptors (Lipinski definition) is 1. The lowest BCUT2D eigenvalue weighted by Crippen LogP contribution is -2.36. The number of nitrogens with two attached hydrogens (primary N) is 1. The van der Waals surface area contributed by atoms with Gasteiger partial charge in [-0.15, -0.1) is 0 Å². The molecule has 12 heavy (non-hydrogen) atoms. The summed E-state index contributed by atoms with van der Waals surface area (Å²) in [5, 5.41) is 0. The van der Waals surface area contributed by atoms with E-state index >= 15 is 0 Å². The molecule has 0 aliphatic rings. The number of hydrogen-bond donors (Lipinski definition) is 1. The van der Waals surface area contributed by atoms with Gasteiger partial charge in [0.25, 0.3) is 0 Å². The first-order valence-electron chi connectivity index (χ1n) is 3.16. The number of halogens is 4. The second-order valence-corrected chi connectivity index (χ2v) is 2.36. The average Bonchev–Trinajstić information content (AvgIpc) is 1.92. The van der Waals surface area contributed by atoms with Gasteiger partial charge in [-0.1, -0.05) is 11.5 Å². The summed E-state index contributed by atoms with van der Waals surface area (Å²) in [5.74, 6) is -1.28. The molecule has 0 bridgehead atoms. The van der Waals surface area contributed by atoms with Gasteiger partial charge in [-0.25, -0.2) is 4.39 Å². The molecule has 0 heterocycles. The van der Waals surface area contributed by atoms with Crippen LogP contribution in [0.5, 0.6) is 0 Å². The fraction of sp³-hybridized carbons (Fsp3) is 0. The molecule has 1 rings (SSSR count). The van der Waals surface area contributed by atoms with Crippen molar-refractivity contribution >= 4 is 18.1 Å². The van der Waals surface area contributed by atoms with Crippen LogP contribution in [0.25, 0.3) is 0 Å². The van der Waals surface area contributed by atoms with Crippen LogP contribution in [0.2, 0.25) is 0 Å². The fourth-order valence-electron chi connectivity index (χ4n) is 0.813. The maximum atomic E-state index is 12.5. The van der Waals surface area contributed by atoms with Gasteiger partial charge >= 0.3 is 6.98 Å². The van der Waals surface area contributed by atoms with Crippen molar-refractivity contribution in [3.63, 3.8) is 0 Å². The Hall–Kier alpha value is -1.20. The van der Waals surface area contributed by atoms with E-state index in [1.807, 2.05) is 0 Å². The molecule has 2 N–H and O–H groups in total. The summed E-state index contributed by atoms with van der Waals surface area (Å²) in [4.78, 5) is 0. The monoisotopic (exact) mass is 178 g/mol. The van der Waals surface area contributed by atoms with Gasteiger partial charge < -0.3 is 18.7 Å². The molecule has 0 atom stereocenters. The molecule has 1 aromatic carbocycles. The Balaban J connectivity index is 3.23. The van der Waals surface area contributed by atoms with Gasteiger partial charge in [-0.05, 0) is 12.1 Å². The van der Waals surface area contributed by atoms with Crippen molar-refractivity contribution in [2.24, 2.45) is 0 Å². The maximum Gasteiger partial charge on any atom is 0.512 e. The van der Waals surface area contributed by atoms with Crippen molar-refractivity contribution in [1.82, 2.24) is 0 Å². The standard InChI is InChI=1S/C6H5BF4N/c8-6-2-1-4(12)3-5(6)7(9,10)11/h1-3H,12H2/q-1. The zero-order valence-electron chi connectivity index (χ0n) is 5.90. The summed E-state index contributed by atoms with van der Waals surface area (Å²) in [6, 6.07) is 2.38. The van der Waals surface area contributed by atoms with Crippen LogP contribution in [0.15, 0.2) is 18.2 Å². The van der Waals surface area contributed by atoms with E-state index in [1.165, 1.54) is 0 Å². The minimum atomic E-state index is -5.30. The molecule has 0 fully saturated rings. The van der Waals surface area contributed by atoms with Crippen LogP contribution in [-0.4, -0.2) is 6.98 Å². The van der Waals surface area contributed by atoms with Crippen LogP contribution in [0.4, 0.5) is 23.0 Å². The Kier molecular flexibility index (Phi) is 2.00. The van der Waals surface area contributed by atoms with Crippen LogP contribution in [0.3, 0.4) is 0 Å². The summed E-state index contributed by atoms with van der Waals surface area (Å²) in [6.07, 6.45) is 0. The summed E-state index contributed by atoms with van der Waals surface area (Å²) in [6.45, 7) is -5.30. The lowest BCUT2D eigenvalue weighted by atomic mass is 9.79. The number of rotatable bonds is 1. The molecule has 0 radical (unpaired) electrons. The Morgan fingerprint density at radius 2 is 1.75 bits per heavy atom. The summed E-state index contributed by atoms with van der Waals surface area (Å²) in [5.41, 5.74) is 3.71. The van der Waals surface area contributed by atoms with Gasteiger partial charge in [-0.2, -0.15) is 0 Å². The molecule has 0 aliphatic heterocycles. The zero-order valence-corrected chi connectivity index (χ0v) is 5.90. The lowest BCUT2D eigenvalue weighted by Gasteiger charge is -2.15. The normalized spacial score (nSPS) is 11.7. The summed E-state index contributed by atoms with van der Waals surface area (Å²) >= 11 is 0. The van der Waals surface area contributed by atoms with Crippen LogP contribution in [-0.2, 0) is 0 Å². The predicted molar refractivity (Wildman–Crippen MR) is 39.5 cm³/mol. The van der Waals surface area contributed by atoms with Crippen LogP contribution in [0.1, 0.15) is 0 Å². The third-order valence-electron chi connectivity index (χ3n) is 1.37. The van der Waals surface area contributed by atoms with Crippen LogP contribution < -0.4 is 11.2 Å². The first-order valence-corrected chi connectivity index (χ1v) is 3.16. The first-order chi connectivity index (χ1) is 5.41. The highest BCUT2D eigenvalue weighted by molar-refractivity contribution is 6.73. The first kappa shape index (κ1) is 8.90. The molecule has 0 saturated carbocycles. The van der Waals surface area contributed by atoms with E-state index < -0.39 is 18.3 Å². The molecule has 0 aromatic heterocycles. The molecular weight excluding hydrogens is 173 g/mol. The number of benzene rings is 1. The second-order valence-electron chi connectivity index (χ2n) is 2.36. The zero-order chi connectivity index (χ0) is 9.35. The molecule has 0 saturated heterocycles. The van der Waals surface area contributed by atoms with Crippen LogP contribution >= 0.6 is 0 Å². The largest absolute Gasteiger partial charge is 0.512 e. The van der Waals surface area contributed by atoms with Gasteiger partial charge in [0.2, 0.25) is 0 Å². The molecule has 0 unspecified atom stereocenters. The highest BCUT2D eigenvalue weighted by atomic mass is 19.4. The quantitative estimate of drug-likeness (QED) is 0.393. The minimum Gasteiger partial charge on any atom is -0.445 e. The van der Waals surface area contributed by atoms with E-state index in [0.29, 0.717) is 12.1 Å². The topological polar surface area (TPSA) is 26.0 Å². The summed E-state index contributed by atoms with van der Waals surface area (Å²) < 4.78 is 48.5. The van der Waals surface area contributed by atoms with E-state index in [1.54, 1.807) is 0 Å². The minimum absolute atomic E-state index is 0.0920. The Morgan fingerprint density at radius 3 is 2.17 bits per heavy atom. The Bertz CT molecular complexity index is 296. The molecule has 0 amide bonds. The highest BCUT2D eigenvalue weighted by Gasteiger charge is 2.28. The molecule has 1 aromatic rings. The average molecular weight is 178 g/mol. The molecule has 1 nitrogen and oxygen atoms in total. The Labute approximate surface area is 66.2 Å². The number of anilines is 1. The van der Waals surface area contributed by atoms with E-state index in [-0.39, 0.29) is 5.69 Å². The molecule has 0 aliphatic carbocycles. The van der Waals surface area contributed by atoms with Crippen molar-refractivity contribution in [2.75, 3.05) is 5.73 Å². The SMILES string of the molecule is Nc1ccc(F)c([B-](F)(F)F)c1. The Morgan fingerprint density at radius 1 is 1.17 bits per heavy atom. The predicted octanol–water partition coefficient (Wildman–Crippen LogP) is 1.46. The van der Waals surface area contributed by atoms with Crippen molar-refractivity contribution in [1.29, 1.82) is 0 Å². The maximum absolute atomic E-state index is 12.5. The summed E-state index contributed by atoms with van der Waals surface area (Å²) in [7, 11) is 0. The third kappa shape index (κ3) is 1.69. The highest BCUT2D eigenvalue weighted by Crippen LogP contribution is 2.13. The van der Waals surface area contributed by atoms with Gasteiger partial charge in [0.05, 0.1) is 5.82 Å². The smallest absolute Gasteiger partial charge is 0.445 e. The van der Waals surface area contributed by atoms with Crippen LogP contribution in [0, 0.1) is 5.82 Å². The fourth-order valence-corrected chi connectivity index (χ4v) is 0.813. The van der Waals surface area contributed by atoms with Crippen molar-refractivity contribution in [3.05, 3.63) is 24.0 Å². The van der Waals surface area contributed by atoms with Gasteiger partial charge in [0.15, 0.2) is 0 Å². The second kappa shape index (κ2) is 2.69. The molecule has 6 heteroatoms. The third-order valence-corrected chi connectivity index (χ3v) is 1.37. The van der Waals surface area contributed by atoms with Crippen molar-refractivity contribution in [2.45, 2.75) is 0 Å². The van der Waals surface area contributed by atoms with E-state index in [0.717, 1.165) is 6.07 Å². The van der Waals surface area contributed by atoms with Gasteiger partial charge in [0, 0.05) is 5.69 Å². The van der Waals surface area contributed by atoms with E-state index in [4.69, 9.17) is 5.73 Å². The van der Waals surface area contributed by atoms with Crippen molar-refractivity contribution in [3.8, 4) is 0 Å². The van der Waals surface area contributed by atoms with Crippen molar-refractivity contribution < 1.29 is 17.3 Å². The van der Waals surface area contributed by atoms with Gasteiger partial charge in [-0.3, -0.25) is 0 Å². The molecule has 66 valence electrons. The number of nitrogen functional groups attached to an aromatic ring is 1. The van der Waals surface area contributed by atoms with E-state index in [2.05, 4.69) is 0 Å². The van der Waals surface area contributed by atoms with E-state index in [9.17, 15) is 17.3 Å². The lowest BCUT2D eigenvalue weighted by molar-refractivity contribution is 0.494.